The van der Waals surface area contributed by atoms with Crippen LogP contribution in [0.1, 0.15) is 24.0 Å². The molecule has 1 aliphatic heterocycles. The molecule has 0 amide bonds. The highest BCUT2D eigenvalue weighted by Crippen LogP contribution is 2.20. The third-order valence-electron chi connectivity index (χ3n) is 4.65. The van der Waals surface area contributed by atoms with Gasteiger partial charge in [-0.25, -0.2) is 9.37 Å². The van der Waals surface area contributed by atoms with Gasteiger partial charge in [-0.15, -0.1) is 0 Å². The SMILES string of the molecule is COCC1CCN(Cc2ccc(OCc3ccccc3F)nc2)CC1. The van der Waals surface area contributed by atoms with Crippen LogP contribution in [0.15, 0.2) is 42.6 Å². The van der Waals surface area contributed by atoms with Crippen molar-refractivity contribution in [3.63, 3.8) is 0 Å². The van der Waals surface area contributed by atoms with E-state index in [1.807, 2.05) is 18.3 Å². The Morgan fingerprint density at radius 3 is 2.64 bits per heavy atom. The van der Waals surface area contributed by atoms with Gasteiger partial charge in [0.05, 0.1) is 0 Å². The molecule has 134 valence electrons. The Hall–Kier alpha value is -1.98. The predicted molar refractivity (Wildman–Crippen MR) is 94.8 cm³/mol. The summed E-state index contributed by atoms with van der Waals surface area (Å²) in [5.41, 5.74) is 1.70. The van der Waals surface area contributed by atoms with Crippen LogP contribution in [0.4, 0.5) is 4.39 Å². The van der Waals surface area contributed by atoms with E-state index < -0.39 is 0 Å². The van der Waals surface area contributed by atoms with Gasteiger partial charge in [0, 0.05) is 38.1 Å². The second kappa shape index (κ2) is 8.92. The zero-order chi connectivity index (χ0) is 17.5. The highest BCUT2D eigenvalue weighted by atomic mass is 19.1. The maximum absolute atomic E-state index is 13.6. The number of likely N-dealkylation sites (tertiary alicyclic amines) is 1. The van der Waals surface area contributed by atoms with Crippen molar-refractivity contribution < 1.29 is 13.9 Å². The fourth-order valence-corrected chi connectivity index (χ4v) is 3.16. The molecule has 0 atom stereocenters. The second-order valence-electron chi connectivity index (χ2n) is 6.56. The minimum Gasteiger partial charge on any atom is -0.473 e. The number of piperidine rings is 1. The minimum absolute atomic E-state index is 0.187. The number of halogens is 1. The van der Waals surface area contributed by atoms with E-state index in [1.165, 1.54) is 24.5 Å². The highest BCUT2D eigenvalue weighted by Gasteiger charge is 2.19. The van der Waals surface area contributed by atoms with E-state index in [9.17, 15) is 4.39 Å². The molecule has 1 aromatic carbocycles. The van der Waals surface area contributed by atoms with Gasteiger partial charge in [-0.2, -0.15) is 0 Å². The summed E-state index contributed by atoms with van der Waals surface area (Å²) < 4.78 is 24.4. The van der Waals surface area contributed by atoms with Gasteiger partial charge in [-0.05, 0) is 43.5 Å². The number of benzene rings is 1. The normalized spacial score (nSPS) is 16.1. The van der Waals surface area contributed by atoms with Crippen LogP contribution >= 0.6 is 0 Å². The zero-order valence-corrected chi connectivity index (χ0v) is 14.7. The van der Waals surface area contributed by atoms with Gasteiger partial charge in [-0.1, -0.05) is 24.3 Å². The lowest BCUT2D eigenvalue weighted by atomic mass is 9.97. The molecule has 1 fully saturated rings. The van der Waals surface area contributed by atoms with Crippen molar-refractivity contribution in [2.45, 2.75) is 26.0 Å². The number of aromatic nitrogens is 1. The van der Waals surface area contributed by atoms with Crippen LogP contribution in [0.2, 0.25) is 0 Å². The largest absolute Gasteiger partial charge is 0.473 e. The van der Waals surface area contributed by atoms with Crippen molar-refractivity contribution in [2.24, 2.45) is 5.92 Å². The lowest BCUT2D eigenvalue weighted by Gasteiger charge is -2.31. The van der Waals surface area contributed by atoms with Gasteiger partial charge in [0.25, 0.3) is 0 Å². The van der Waals surface area contributed by atoms with E-state index in [0.29, 0.717) is 17.4 Å². The van der Waals surface area contributed by atoms with Gasteiger partial charge >= 0.3 is 0 Å². The van der Waals surface area contributed by atoms with E-state index in [1.54, 1.807) is 25.3 Å². The number of methoxy groups -OCH3 is 1. The van der Waals surface area contributed by atoms with Gasteiger partial charge in [0.15, 0.2) is 0 Å². The first-order valence-corrected chi connectivity index (χ1v) is 8.77. The van der Waals surface area contributed by atoms with E-state index in [2.05, 4.69) is 9.88 Å². The van der Waals surface area contributed by atoms with Crippen LogP contribution in [-0.2, 0) is 17.9 Å². The third-order valence-corrected chi connectivity index (χ3v) is 4.65. The molecule has 2 heterocycles. The Morgan fingerprint density at radius 1 is 1.16 bits per heavy atom. The Balaban J connectivity index is 1.47. The van der Waals surface area contributed by atoms with Crippen molar-refractivity contribution in [2.75, 3.05) is 26.8 Å². The molecule has 0 N–H and O–H groups in total. The standard InChI is InChI=1S/C20H25FN2O2/c1-24-14-16-8-10-23(11-9-16)13-17-6-7-20(22-12-17)25-15-18-4-2-3-5-19(18)21/h2-7,12,16H,8-11,13-15H2,1H3. The smallest absolute Gasteiger partial charge is 0.213 e. The van der Waals surface area contributed by atoms with Crippen molar-refractivity contribution in [3.05, 3.63) is 59.5 Å². The summed E-state index contributed by atoms with van der Waals surface area (Å²) in [5, 5.41) is 0. The van der Waals surface area contributed by atoms with Gasteiger partial charge in [-0.3, -0.25) is 4.90 Å². The maximum Gasteiger partial charge on any atom is 0.213 e. The Bertz CT molecular complexity index is 655. The second-order valence-corrected chi connectivity index (χ2v) is 6.56. The molecule has 0 bridgehead atoms. The molecule has 1 aliphatic rings. The molecular weight excluding hydrogens is 319 g/mol. The monoisotopic (exact) mass is 344 g/mol. The van der Waals surface area contributed by atoms with E-state index in [4.69, 9.17) is 9.47 Å². The Morgan fingerprint density at radius 2 is 1.96 bits per heavy atom. The number of hydrogen-bond acceptors (Lipinski definition) is 4. The number of nitrogens with zero attached hydrogens (tertiary/aromatic N) is 2. The first-order chi connectivity index (χ1) is 12.2. The van der Waals surface area contributed by atoms with Crippen molar-refractivity contribution >= 4 is 0 Å². The molecule has 3 rings (SSSR count). The molecule has 0 unspecified atom stereocenters. The molecule has 0 aliphatic carbocycles. The molecule has 0 saturated carbocycles. The average Bonchev–Trinajstić information content (AvgIpc) is 2.64. The average molecular weight is 344 g/mol. The summed E-state index contributed by atoms with van der Waals surface area (Å²) in [6.07, 6.45) is 4.22. The highest BCUT2D eigenvalue weighted by molar-refractivity contribution is 5.20. The number of rotatable bonds is 7. The van der Waals surface area contributed by atoms with Gasteiger partial charge in [0.1, 0.15) is 12.4 Å². The van der Waals surface area contributed by atoms with Crippen LogP contribution in [0.3, 0.4) is 0 Å². The molecule has 1 aromatic heterocycles. The first kappa shape index (κ1) is 17.8. The molecule has 2 aromatic rings. The van der Waals surface area contributed by atoms with Crippen molar-refractivity contribution in [1.29, 1.82) is 0 Å². The summed E-state index contributed by atoms with van der Waals surface area (Å²) >= 11 is 0. The topological polar surface area (TPSA) is 34.6 Å². The lowest BCUT2D eigenvalue weighted by Crippen LogP contribution is -2.34. The summed E-state index contributed by atoms with van der Waals surface area (Å²) in [7, 11) is 1.77. The molecule has 4 nitrogen and oxygen atoms in total. The summed E-state index contributed by atoms with van der Waals surface area (Å²) in [4.78, 5) is 6.79. The quantitative estimate of drug-likeness (QED) is 0.768. The fraction of sp³-hybridized carbons (Fsp3) is 0.450. The lowest BCUT2D eigenvalue weighted by molar-refractivity contribution is 0.0967. The molecule has 0 spiro atoms. The minimum atomic E-state index is -0.254. The molecule has 25 heavy (non-hydrogen) atoms. The van der Waals surface area contributed by atoms with Crippen LogP contribution in [-0.4, -0.2) is 36.7 Å². The predicted octanol–water partition coefficient (Wildman–Crippen LogP) is 3.66. The van der Waals surface area contributed by atoms with Gasteiger partial charge in [0.2, 0.25) is 5.88 Å². The summed E-state index contributed by atoms with van der Waals surface area (Å²) in [5.74, 6) is 0.954. The fourth-order valence-electron chi connectivity index (χ4n) is 3.16. The number of pyridine rings is 1. The van der Waals surface area contributed by atoms with Crippen molar-refractivity contribution in [1.82, 2.24) is 9.88 Å². The van der Waals surface area contributed by atoms with Crippen LogP contribution in [0.5, 0.6) is 5.88 Å². The van der Waals surface area contributed by atoms with Crippen molar-refractivity contribution in [3.8, 4) is 5.88 Å². The summed E-state index contributed by atoms with van der Waals surface area (Å²) in [6.45, 7) is 4.15. The van der Waals surface area contributed by atoms with Crippen LogP contribution in [0.25, 0.3) is 0 Å². The zero-order valence-electron chi connectivity index (χ0n) is 14.7. The molecule has 1 saturated heterocycles. The number of hydrogen-bond donors (Lipinski definition) is 0. The Kier molecular flexibility index (Phi) is 6.36. The third kappa shape index (κ3) is 5.25. The van der Waals surface area contributed by atoms with E-state index >= 15 is 0 Å². The summed E-state index contributed by atoms with van der Waals surface area (Å²) in [6, 6.07) is 10.5. The van der Waals surface area contributed by atoms with E-state index in [-0.39, 0.29) is 12.4 Å². The first-order valence-electron chi connectivity index (χ1n) is 8.77. The van der Waals surface area contributed by atoms with Crippen LogP contribution in [0, 0.1) is 11.7 Å². The van der Waals surface area contributed by atoms with E-state index in [0.717, 1.165) is 26.2 Å². The van der Waals surface area contributed by atoms with Gasteiger partial charge < -0.3 is 9.47 Å². The molecular formula is C20H25FN2O2. The Labute approximate surface area is 148 Å². The maximum atomic E-state index is 13.6. The van der Waals surface area contributed by atoms with Crippen LogP contribution < -0.4 is 4.74 Å². The molecule has 5 heteroatoms. The number of ether oxygens (including phenoxy) is 2. The molecule has 0 radical (unpaired) electrons.